The Morgan fingerprint density at radius 1 is 1.15 bits per heavy atom. The number of nitrogens with one attached hydrogen (secondary N) is 1. The van der Waals surface area contributed by atoms with Crippen molar-refractivity contribution in [1.29, 1.82) is 0 Å². The first-order chi connectivity index (χ1) is 13.3. The predicted octanol–water partition coefficient (Wildman–Crippen LogP) is 3.38. The van der Waals surface area contributed by atoms with E-state index in [1.54, 1.807) is 29.8 Å². The van der Waals surface area contributed by atoms with Gasteiger partial charge in [-0.2, -0.15) is 5.10 Å². The molecule has 0 saturated carbocycles. The van der Waals surface area contributed by atoms with Gasteiger partial charge in [0.25, 0.3) is 5.91 Å². The average molecular weight is 378 g/mol. The van der Waals surface area contributed by atoms with Gasteiger partial charge in [-0.3, -0.25) is 9.79 Å². The fourth-order valence-electron chi connectivity index (χ4n) is 2.87. The van der Waals surface area contributed by atoms with E-state index in [2.05, 4.69) is 15.4 Å². The number of hydrogen-bond acceptors (Lipinski definition) is 5. The van der Waals surface area contributed by atoms with E-state index in [1.165, 1.54) is 0 Å². The molecule has 1 aliphatic heterocycles. The van der Waals surface area contributed by atoms with Gasteiger partial charge in [0.2, 0.25) is 0 Å². The Morgan fingerprint density at radius 2 is 1.93 bits per heavy atom. The first-order valence-electron chi connectivity index (χ1n) is 8.53. The molecule has 3 aromatic rings. The van der Waals surface area contributed by atoms with Crippen molar-refractivity contribution >= 4 is 22.8 Å². The highest BCUT2D eigenvalue weighted by Crippen LogP contribution is 2.31. The van der Waals surface area contributed by atoms with Crippen molar-refractivity contribution < 1.29 is 9.53 Å². The van der Waals surface area contributed by atoms with Crippen molar-refractivity contribution in [2.24, 2.45) is 4.99 Å². The smallest absolute Gasteiger partial charge is 0.261 e. The Morgan fingerprint density at radius 3 is 2.67 bits per heavy atom. The number of aromatic nitrogens is 2. The van der Waals surface area contributed by atoms with Gasteiger partial charge in [0, 0.05) is 17.5 Å². The van der Waals surface area contributed by atoms with Gasteiger partial charge in [-0.25, -0.2) is 4.68 Å². The lowest BCUT2D eigenvalue weighted by molar-refractivity contribution is 0.0978. The van der Waals surface area contributed by atoms with Crippen LogP contribution < -0.4 is 10.1 Å². The number of aliphatic imine (C=N–C) groups is 1. The first-order valence-corrected chi connectivity index (χ1v) is 9.52. The van der Waals surface area contributed by atoms with E-state index in [0.717, 1.165) is 23.5 Å². The van der Waals surface area contributed by atoms with E-state index < -0.39 is 0 Å². The molecule has 0 spiro atoms. The van der Waals surface area contributed by atoms with Gasteiger partial charge < -0.3 is 10.1 Å². The number of carbonyl (C=O) groups excluding carboxylic acids is 1. The molecule has 0 bridgehead atoms. The van der Waals surface area contributed by atoms with Gasteiger partial charge in [0.15, 0.2) is 5.17 Å². The number of thioether (sulfide) groups is 1. The van der Waals surface area contributed by atoms with Crippen LogP contribution in [0.2, 0.25) is 0 Å². The summed E-state index contributed by atoms with van der Waals surface area (Å²) in [5.41, 5.74) is 2.68. The van der Waals surface area contributed by atoms with Crippen molar-refractivity contribution in [3.05, 3.63) is 66.4 Å². The lowest BCUT2D eigenvalue weighted by Gasteiger charge is -2.08. The minimum Gasteiger partial charge on any atom is -0.496 e. The number of methoxy groups -OCH3 is 1. The van der Waals surface area contributed by atoms with Crippen LogP contribution in [0.1, 0.15) is 10.4 Å². The van der Waals surface area contributed by atoms with Gasteiger partial charge in [-0.1, -0.05) is 42.1 Å². The minimum absolute atomic E-state index is 0.230. The predicted molar refractivity (Wildman–Crippen MR) is 108 cm³/mol. The number of carbonyl (C=O) groups is 1. The molecule has 136 valence electrons. The van der Waals surface area contributed by atoms with Crippen molar-refractivity contribution in [2.45, 2.75) is 0 Å². The van der Waals surface area contributed by atoms with E-state index in [9.17, 15) is 4.79 Å². The molecule has 2 aromatic carbocycles. The van der Waals surface area contributed by atoms with Crippen LogP contribution in [0.15, 0.2) is 65.8 Å². The minimum atomic E-state index is -0.230. The fraction of sp³-hybridized carbons (Fsp3) is 0.150. The summed E-state index contributed by atoms with van der Waals surface area (Å²) in [6.45, 7) is 0.725. The summed E-state index contributed by atoms with van der Waals surface area (Å²) in [6, 6.07) is 17.2. The second-order valence-electron chi connectivity index (χ2n) is 5.86. The molecule has 0 saturated heterocycles. The highest BCUT2D eigenvalue weighted by Gasteiger charge is 2.22. The Bertz CT molecular complexity index is 998. The zero-order valence-electron chi connectivity index (χ0n) is 14.8. The SMILES string of the molecule is COc1ccccc1-c1nn(-c2ccccc2)cc1C(=O)NC1=NCCS1. The normalized spacial score (nSPS) is 13.3. The van der Waals surface area contributed by atoms with Crippen molar-refractivity contribution in [3.8, 4) is 22.7 Å². The molecule has 1 amide bonds. The number of ether oxygens (including phenoxy) is 1. The van der Waals surface area contributed by atoms with E-state index in [0.29, 0.717) is 22.2 Å². The second-order valence-corrected chi connectivity index (χ2v) is 6.94. The third kappa shape index (κ3) is 3.59. The summed E-state index contributed by atoms with van der Waals surface area (Å²) >= 11 is 1.54. The standard InChI is InChI=1S/C20H18N4O2S/c1-26-17-10-6-5-9-15(17)18-16(19(25)22-20-21-11-12-27-20)13-24(23-18)14-7-3-2-4-8-14/h2-10,13H,11-12H2,1H3,(H,21,22,25). The molecule has 1 aliphatic rings. The number of amidine groups is 1. The summed E-state index contributed by atoms with van der Waals surface area (Å²) in [6.07, 6.45) is 1.74. The molecule has 2 heterocycles. The van der Waals surface area contributed by atoms with Gasteiger partial charge >= 0.3 is 0 Å². The summed E-state index contributed by atoms with van der Waals surface area (Å²) in [4.78, 5) is 17.2. The number of rotatable bonds is 4. The zero-order chi connectivity index (χ0) is 18.6. The number of nitrogens with zero attached hydrogens (tertiary/aromatic N) is 3. The summed E-state index contributed by atoms with van der Waals surface area (Å²) in [5.74, 6) is 1.32. The summed E-state index contributed by atoms with van der Waals surface area (Å²) < 4.78 is 7.18. The zero-order valence-corrected chi connectivity index (χ0v) is 15.6. The van der Waals surface area contributed by atoms with Crippen molar-refractivity contribution in [2.75, 3.05) is 19.4 Å². The Kier molecular flexibility index (Phi) is 4.93. The van der Waals surface area contributed by atoms with Crippen LogP contribution in [0.4, 0.5) is 0 Å². The van der Waals surface area contributed by atoms with Crippen molar-refractivity contribution in [1.82, 2.24) is 15.1 Å². The van der Waals surface area contributed by atoms with Gasteiger partial charge in [0.1, 0.15) is 11.4 Å². The summed E-state index contributed by atoms with van der Waals surface area (Å²) in [5, 5.41) is 8.22. The van der Waals surface area contributed by atoms with Gasteiger partial charge in [0.05, 0.1) is 24.9 Å². The van der Waals surface area contributed by atoms with Crippen LogP contribution in [0.3, 0.4) is 0 Å². The molecule has 27 heavy (non-hydrogen) atoms. The molecular formula is C20H18N4O2S. The largest absolute Gasteiger partial charge is 0.496 e. The van der Waals surface area contributed by atoms with E-state index in [1.807, 2.05) is 54.6 Å². The maximum Gasteiger partial charge on any atom is 0.261 e. The molecule has 0 atom stereocenters. The number of para-hydroxylation sites is 2. The lowest BCUT2D eigenvalue weighted by atomic mass is 10.1. The topological polar surface area (TPSA) is 68.5 Å². The van der Waals surface area contributed by atoms with Crippen LogP contribution in [0.25, 0.3) is 16.9 Å². The number of benzene rings is 2. The first kappa shape index (κ1) is 17.4. The molecule has 4 rings (SSSR count). The maximum absolute atomic E-state index is 12.9. The lowest BCUT2D eigenvalue weighted by Crippen LogP contribution is -2.27. The monoisotopic (exact) mass is 378 g/mol. The molecular weight excluding hydrogens is 360 g/mol. The van der Waals surface area contributed by atoms with Crippen LogP contribution in [0.5, 0.6) is 5.75 Å². The third-order valence-electron chi connectivity index (χ3n) is 4.15. The molecule has 0 radical (unpaired) electrons. The van der Waals surface area contributed by atoms with E-state index >= 15 is 0 Å². The molecule has 0 unspecified atom stereocenters. The highest BCUT2D eigenvalue weighted by molar-refractivity contribution is 8.14. The Balaban J connectivity index is 1.80. The Hall–Kier alpha value is -3.06. The molecule has 0 fully saturated rings. The second kappa shape index (κ2) is 7.67. The van der Waals surface area contributed by atoms with Crippen LogP contribution >= 0.6 is 11.8 Å². The van der Waals surface area contributed by atoms with Crippen LogP contribution in [-0.2, 0) is 0 Å². The van der Waals surface area contributed by atoms with Crippen LogP contribution in [0, 0.1) is 0 Å². The van der Waals surface area contributed by atoms with Gasteiger partial charge in [-0.05, 0) is 24.3 Å². The van der Waals surface area contributed by atoms with Gasteiger partial charge in [-0.15, -0.1) is 0 Å². The third-order valence-corrected chi connectivity index (χ3v) is 5.04. The highest BCUT2D eigenvalue weighted by atomic mass is 32.2. The van der Waals surface area contributed by atoms with E-state index in [4.69, 9.17) is 4.74 Å². The molecule has 0 aliphatic carbocycles. The fourth-order valence-corrected chi connectivity index (χ4v) is 3.59. The van der Waals surface area contributed by atoms with E-state index in [-0.39, 0.29) is 5.91 Å². The summed E-state index contributed by atoms with van der Waals surface area (Å²) in [7, 11) is 1.61. The molecule has 1 aromatic heterocycles. The van der Waals surface area contributed by atoms with Crippen molar-refractivity contribution in [3.63, 3.8) is 0 Å². The Labute approximate surface area is 161 Å². The molecule has 6 nitrogen and oxygen atoms in total. The number of amides is 1. The average Bonchev–Trinajstić information content (AvgIpc) is 3.38. The molecule has 7 heteroatoms. The maximum atomic E-state index is 12.9. The quantitative estimate of drug-likeness (QED) is 0.756. The molecule has 1 N–H and O–H groups in total. The number of hydrogen-bond donors (Lipinski definition) is 1. The van der Waals surface area contributed by atoms with Crippen LogP contribution in [-0.4, -0.2) is 40.3 Å².